The second-order valence-corrected chi connectivity index (χ2v) is 8.52. The summed E-state index contributed by atoms with van der Waals surface area (Å²) in [5, 5.41) is 12.4. The van der Waals surface area contributed by atoms with Crippen molar-refractivity contribution in [2.45, 2.75) is 38.2 Å². The van der Waals surface area contributed by atoms with Crippen LogP contribution in [0.15, 0.2) is 65.2 Å². The van der Waals surface area contributed by atoms with Gasteiger partial charge in [0.05, 0.1) is 22.8 Å². The Morgan fingerprint density at radius 3 is 2.79 bits per heavy atom. The first-order valence-corrected chi connectivity index (χ1v) is 11.4. The summed E-state index contributed by atoms with van der Waals surface area (Å²) in [7, 11) is 0. The van der Waals surface area contributed by atoms with Crippen LogP contribution in [-0.4, -0.2) is 41.9 Å². The molecule has 0 unspecified atom stereocenters. The molecule has 0 radical (unpaired) electrons. The number of carbonyl (C=O) groups excluding carboxylic acids is 1. The van der Waals surface area contributed by atoms with Crippen LogP contribution in [0.25, 0.3) is 16.7 Å². The Morgan fingerprint density at radius 1 is 1.24 bits per heavy atom. The van der Waals surface area contributed by atoms with Gasteiger partial charge in [-0.1, -0.05) is 36.0 Å². The third-order valence-corrected chi connectivity index (χ3v) is 5.69. The van der Waals surface area contributed by atoms with Crippen molar-refractivity contribution in [3.63, 3.8) is 0 Å². The molecule has 10 heteroatoms. The van der Waals surface area contributed by atoms with Gasteiger partial charge in [-0.2, -0.15) is 0 Å². The summed E-state index contributed by atoms with van der Waals surface area (Å²) >= 11 is 1.26. The fraction of sp³-hybridized carbons (Fsp3) is 0.261. The number of benzene rings is 1. The minimum atomic E-state index is -0.155. The van der Waals surface area contributed by atoms with Gasteiger partial charge in [-0.05, 0) is 31.5 Å². The summed E-state index contributed by atoms with van der Waals surface area (Å²) in [5.74, 6) is 0.966. The number of para-hydroxylation sites is 1. The third kappa shape index (κ3) is 4.90. The number of pyridine rings is 1. The van der Waals surface area contributed by atoms with Gasteiger partial charge < -0.3 is 10.1 Å². The first-order valence-electron chi connectivity index (χ1n) is 10.5. The van der Waals surface area contributed by atoms with Crippen molar-refractivity contribution < 1.29 is 9.53 Å². The average molecular weight is 465 g/mol. The summed E-state index contributed by atoms with van der Waals surface area (Å²) in [6, 6.07) is 10.9. The average Bonchev–Trinajstić information content (AvgIpc) is 3.23. The van der Waals surface area contributed by atoms with E-state index >= 15 is 0 Å². The van der Waals surface area contributed by atoms with E-state index in [1.165, 1.54) is 16.3 Å². The molecule has 170 valence electrons. The molecule has 9 nitrogen and oxygen atoms in total. The quantitative estimate of drug-likeness (QED) is 0.300. The smallest absolute Gasteiger partial charge is 0.263 e. The van der Waals surface area contributed by atoms with Crippen LogP contribution in [0.1, 0.15) is 19.4 Å². The van der Waals surface area contributed by atoms with Gasteiger partial charge in [0.1, 0.15) is 0 Å². The second-order valence-electron chi connectivity index (χ2n) is 7.58. The highest BCUT2D eigenvalue weighted by molar-refractivity contribution is 7.99. The standard InChI is InChI=1S/C23H24N6O3S/c1-4-11-28-21(31)17-7-5-6-8-18(17)29-22(28)26-27-23(29)33-14-19(30)24-12-16-9-10-20(25-13-16)32-15(2)3/h4-10,13,15H,1,11-12,14H2,2-3H3,(H,24,30). The van der Waals surface area contributed by atoms with Crippen LogP contribution in [0, 0.1) is 0 Å². The van der Waals surface area contributed by atoms with Gasteiger partial charge in [-0.25, -0.2) is 4.98 Å². The van der Waals surface area contributed by atoms with E-state index < -0.39 is 0 Å². The maximum absolute atomic E-state index is 12.9. The molecular weight excluding hydrogens is 440 g/mol. The minimum absolute atomic E-state index is 0.0527. The van der Waals surface area contributed by atoms with Crippen molar-refractivity contribution in [1.82, 2.24) is 29.5 Å². The fourth-order valence-electron chi connectivity index (χ4n) is 3.33. The van der Waals surface area contributed by atoms with Crippen molar-refractivity contribution in [3.8, 4) is 5.88 Å². The van der Waals surface area contributed by atoms with Gasteiger partial charge in [0.2, 0.25) is 17.6 Å². The zero-order chi connectivity index (χ0) is 23.4. The lowest BCUT2D eigenvalue weighted by atomic mass is 10.2. The number of allylic oxidation sites excluding steroid dienone is 1. The van der Waals surface area contributed by atoms with Crippen LogP contribution in [0.3, 0.4) is 0 Å². The first-order chi connectivity index (χ1) is 16.0. The van der Waals surface area contributed by atoms with Crippen LogP contribution < -0.4 is 15.6 Å². The molecule has 0 atom stereocenters. The Hall–Kier alpha value is -3.66. The van der Waals surface area contributed by atoms with E-state index in [0.29, 0.717) is 40.8 Å². The molecule has 0 spiro atoms. The van der Waals surface area contributed by atoms with Crippen LogP contribution in [0.4, 0.5) is 0 Å². The Kier molecular flexibility index (Phi) is 6.74. The lowest BCUT2D eigenvalue weighted by molar-refractivity contribution is -0.118. The molecule has 1 amide bonds. The van der Waals surface area contributed by atoms with Gasteiger partial charge in [0.15, 0.2) is 5.16 Å². The Labute approximate surface area is 194 Å². The zero-order valence-electron chi connectivity index (χ0n) is 18.4. The molecule has 0 fully saturated rings. The van der Waals surface area contributed by atoms with E-state index in [1.807, 2.05) is 38.1 Å². The number of nitrogens with one attached hydrogen (secondary N) is 1. The van der Waals surface area contributed by atoms with Crippen molar-refractivity contribution in [2.24, 2.45) is 0 Å². The highest BCUT2D eigenvalue weighted by atomic mass is 32.2. The van der Waals surface area contributed by atoms with Gasteiger partial charge >= 0.3 is 0 Å². The summed E-state index contributed by atoms with van der Waals surface area (Å²) in [4.78, 5) is 29.5. The normalized spacial score (nSPS) is 11.2. The summed E-state index contributed by atoms with van der Waals surface area (Å²) in [5.41, 5.74) is 1.41. The maximum Gasteiger partial charge on any atom is 0.263 e. The molecule has 0 bridgehead atoms. The molecule has 0 saturated carbocycles. The highest BCUT2D eigenvalue weighted by Crippen LogP contribution is 2.21. The van der Waals surface area contributed by atoms with Crippen LogP contribution >= 0.6 is 11.8 Å². The molecule has 3 aromatic heterocycles. The lowest BCUT2D eigenvalue weighted by Crippen LogP contribution is -2.25. The molecule has 1 N–H and O–H groups in total. The number of aromatic nitrogens is 5. The number of hydrogen-bond acceptors (Lipinski definition) is 7. The fourth-order valence-corrected chi connectivity index (χ4v) is 4.10. The van der Waals surface area contributed by atoms with E-state index in [9.17, 15) is 9.59 Å². The molecule has 0 saturated heterocycles. The number of rotatable bonds is 9. The number of ether oxygens (including phenoxy) is 1. The van der Waals surface area contributed by atoms with Crippen molar-refractivity contribution in [1.29, 1.82) is 0 Å². The molecule has 33 heavy (non-hydrogen) atoms. The maximum atomic E-state index is 12.9. The Bertz CT molecular complexity index is 1360. The number of fused-ring (bicyclic) bond motifs is 3. The SMILES string of the molecule is C=CCn1c(=O)c2ccccc2n2c(SCC(=O)NCc3ccc(OC(C)C)nc3)nnc12. The van der Waals surface area contributed by atoms with Crippen molar-refractivity contribution in [3.05, 3.63) is 71.2 Å². The number of carbonyl (C=O) groups is 1. The Morgan fingerprint density at radius 2 is 2.06 bits per heavy atom. The van der Waals surface area contributed by atoms with Crippen LogP contribution in [0.5, 0.6) is 5.88 Å². The largest absolute Gasteiger partial charge is 0.475 e. The topological polar surface area (TPSA) is 103 Å². The van der Waals surface area contributed by atoms with Gasteiger partial charge in [-0.3, -0.25) is 18.6 Å². The van der Waals surface area contributed by atoms with Crippen LogP contribution in [0.2, 0.25) is 0 Å². The lowest BCUT2D eigenvalue weighted by Gasteiger charge is -2.10. The predicted octanol–water partition coefficient (Wildman–Crippen LogP) is 2.82. The van der Waals surface area contributed by atoms with E-state index in [4.69, 9.17) is 4.74 Å². The number of amides is 1. The number of thioether (sulfide) groups is 1. The van der Waals surface area contributed by atoms with E-state index in [2.05, 4.69) is 27.1 Å². The monoisotopic (exact) mass is 464 g/mol. The highest BCUT2D eigenvalue weighted by Gasteiger charge is 2.17. The zero-order valence-corrected chi connectivity index (χ0v) is 19.2. The summed E-state index contributed by atoms with van der Waals surface area (Å²) in [6.07, 6.45) is 3.38. The predicted molar refractivity (Wildman–Crippen MR) is 128 cm³/mol. The molecule has 4 aromatic rings. The molecule has 0 aliphatic carbocycles. The van der Waals surface area contributed by atoms with E-state index in [0.717, 1.165) is 5.56 Å². The molecule has 0 aliphatic heterocycles. The molecule has 1 aromatic carbocycles. The summed E-state index contributed by atoms with van der Waals surface area (Å²) in [6.45, 7) is 8.27. The van der Waals surface area contributed by atoms with Gasteiger partial charge in [0, 0.05) is 25.4 Å². The molecular formula is C23H24N6O3S. The molecule has 0 aliphatic rings. The van der Waals surface area contributed by atoms with Crippen LogP contribution in [-0.2, 0) is 17.9 Å². The number of nitrogens with zero attached hydrogens (tertiary/aromatic N) is 5. The Balaban J connectivity index is 1.48. The van der Waals surface area contributed by atoms with E-state index in [-0.39, 0.29) is 23.3 Å². The number of hydrogen-bond donors (Lipinski definition) is 1. The van der Waals surface area contributed by atoms with Crippen molar-refractivity contribution >= 4 is 34.3 Å². The van der Waals surface area contributed by atoms with E-state index in [1.54, 1.807) is 28.8 Å². The first kappa shape index (κ1) is 22.5. The third-order valence-electron chi connectivity index (χ3n) is 4.77. The second kappa shape index (κ2) is 9.86. The summed E-state index contributed by atoms with van der Waals surface area (Å²) < 4.78 is 8.85. The van der Waals surface area contributed by atoms with Crippen molar-refractivity contribution in [2.75, 3.05) is 5.75 Å². The van der Waals surface area contributed by atoms with Gasteiger partial charge in [-0.15, -0.1) is 16.8 Å². The van der Waals surface area contributed by atoms with Gasteiger partial charge in [0.25, 0.3) is 5.56 Å². The minimum Gasteiger partial charge on any atom is -0.475 e. The molecule has 4 rings (SSSR count). The molecule has 3 heterocycles.